The van der Waals surface area contributed by atoms with Gasteiger partial charge in [-0.3, -0.25) is 4.79 Å². The van der Waals surface area contributed by atoms with E-state index in [-0.39, 0.29) is 0 Å². The van der Waals surface area contributed by atoms with Crippen molar-refractivity contribution >= 4 is 5.91 Å². The van der Waals surface area contributed by atoms with Crippen molar-refractivity contribution in [1.82, 2.24) is 0 Å². The van der Waals surface area contributed by atoms with Gasteiger partial charge in [-0.2, -0.15) is 0 Å². The maximum Gasteiger partial charge on any atom is 0.249 e. The summed E-state index contributed by atoms with van der Waals surface area (Å²) in [4.78, 5) is 10.2. The molecule has 6 N–H and O–H groups in total. The molecule has 6 nitrogen and oxygen atoms in total. The first-order valence-electron chi connectivity index (χ1n) is 2.95. The average molecular weight is 165 g/mol. The van der Waals surface area contributed by atoms with E-state index >= 15 is 0 Å². The maximum absolute atomic E-state index is 10.2. The van der Waals surface area contributed by atoms with Crippen LogP contribution in [0.15, 0.2) is 0 Å². The fraction of sp³-hybridized carbons (Fsp3) is 0.800. The molecule has 0 radical (unpaired) electrons. The lowest BCUT2D eigenvalue weighted by molar-refractivity contribution is -0.139. The number of amides is 1. The van der Waals surface area contributed by atoms with Crippen molar-refractivity contribution in [3.05, 3.63) is 0 Å². The first-order chi connectivity index (χ1) is 5.00. The lowest BCUT2D eigenvalue weighted by atomic mass is 10.1. The Morgan fingerprint density at radius 1 is 1.36 bits per heavy atom. The molecule has 0 aromatic heterocycles. The molecule has 0 aliphatic heterocycles. The van der Waals surface area contributed by atoms with Crippen LogP contribution in [0.25, 0.3) is 0 Å². The smallest absolute Gasteiger partial charge is 0.249 e. The van der Waals surface area contributed by atoms with E-state index < -0.39 is 30.8 Å². The first kappa shape index (κ1) is 10.3. The minimum Gasteiger partial charge on any atom is -0.394 e. The molecule has 0 aromatic rings. The van der Waals surface area contributed by atoms with Gasteiger partial charge in [0.25, 0.3) is 0 Å². The molecule has 3 atom stereocenters. The fourth-order valence-corrected chi connectivity index (χ4v) is 0.487. The van der Waals surface area contributed by atoms with Crippen molar-refractivity contribution in [2.45, 2.75) is 18.3 Å². The Morgan fingerprint density at radius 3 is 2.09 bits per heavy atom. The number of hydrogen-bond donors (Lipinski definition) is 5. The van der Waals surface area contributed by atoms with E-state index in [4.69, 9.17) is 20.4 Å². The summed E-state index contributed by atoms with van der Waals surface area (Å²) in [7, 11) is 0. The number of nitrogens with two attached hydrogens (primary N) is 1. The molecule has 0 heterocycles. The minimum atomic E-state index is -1.85. The summed E-state index contributed by atoms with van der Waals surface area (Å²) in [6, 6.07) is 0. The van der Waals surface area contributed by atoms with Gasteiger partial charge in [-0.25, -0.2) is 0 Å². The van der Waals surface area contributed by atoms with Gasteiger partial charge in [0.1, 0.15) is 12.2 Å². The molecule has 0 saturated heterocycles. The monoisotopic (exact) mass is 165 g/mol. The van der Waals surface area contributed by atoms with E-state index in [1.54, 1.807) is 0 Å². The van der Waals surface area contributed by atoms with Gasteiger partial charge in [-0.05, 0) is 0 Å². The number of hydrogen-bond acceptors (Lipinski definition) is 5. The Morgan fingerprint density at radius 2 is 1.82 bits per heavy atom. The molecule has 0 rings (SSSR count). The van der Waals surface area contributed by atoms with Crippen LogP contribution in [-0.4, -0.2) is 51.3 Å². The SMILES string of the molecule is NC(=O)C(O)C(O)C(O)CO. The van der Waals surface area contributed by atoms with E-state index in [9.17, 15) is 4.79 Å². The van der Waals surface area contributed by atoms with Gasteiger partial charge >= 0.3 is 0 Å². The zero-order valence-electron chi connectivity index (χ0n) is 5.71. The van der Waals surface area contributed by atoms with Crippen LogP contribution in [0, 0.1) is 0 Å². The maximum atomic E-state index is 10.2. The zero-order chi connectivity index (χ0) is 9.02. The highest BCUT2D eigenvalue weighted by atomic mass is 16.4. The van der Waals surface area contributed by atoms with Gasteiger partial charge in [0.15, 0.2) is 6.10 Å². The van der Waals surface area contributed by atoms with Crippen molar-refractivity contribution < 1.29 is 25.2 Å². The third-order valence-corrected chi connectivity index (χ3v) is 1.20. The molecule has 66 valence electrons. The van der Waals surface area contributed by atoms with Gasteiger partial charge in [0, 0.05) is 0 Å². The summed E-state index contributed by atoms with van der Waals surface area (Å²) in [5.74, 6) is -1.15. The summed E-state index contributed by atoms with van der Waals surface area (Å²) in [6.45, 7) is -0.745. The van der Waals surface area contributed by atoms with Gasteiger partial charge in [0.2, 0.25) is 5.91 Å². The molecule has 11 heavy (non-hydrogen) atoms. The highest BCUT2D eigenvalue weighted by molar-refractivity contribution is 5.79. The van der Waals surface area contributed by atoms with Crippen LogP contribution >= 0.6 is 0 Å². The number of aliphatic hydroxyl groups is 4. The Bertz CT molecular complexity index is 139. The van der Waals surface area contributed by atoms with E-state index in [0.717, 1.165) is 0 Å². The summed E-state index contributed by atoms with van der Waals surface area (Å²) in [5.41, 5.74) is 4.59. The number of primary amides is 1. The Labute approximate surface area is 62.9 Å². The molecular weight excluding hydrogens is 154 g/mol. The van der Waals surface area contributed by atoms with E-state index in [1.165, 1.54) is 0 Å². The minimum absolute atomic E-state index is 0.745. The molecule has 0 aromatic carbocycles. The zero-order valence-corrected chi connectivity index (χ0v) is 5.71. The molecule has 0 aliphatic carbocycles. The third kappa shape index (κ3) is 2.81. The van der Waals surface area contributed by atoms with Crippen LogP contribution in [0.3, 0.4) is 0 Å². The lowest BCUT2D eigenvalue weighted by Crippen LogP contribution is -2.46. The Balaban J connectivity index is 4.00. The lowest BCUT2D eigenvalue weighted by Gasteiger charge is -2.18. The quantitative estimate of drug-likeness (QED) is 0.296. The van der Waals surface area contributed by atoms with Gasteiger partial charge < -0.3 is 26.2 Å². The highest BCUT2D eigenvalue weighted by Gasteiger charge is 2.27. The Hall–Kier alpha value is -0.690. The molecule has 0 bridgehead atoms. The van der Waals surface area contributed by atoms with E-state index in [1.807, 2.05) is 0 Å². The Kier molecular flexibility index (Phi) is 3.98. The van der Waals surface area contributed by atoms with Crippen LogP contribution in [0.1, 0.15) is 0 Å². The van der Waals surface area contributed by atoms with Crippen LogP contribution in [0.5, 0.6) is 0 Å². The van der Waals surface area contributed by atoms with E-state index in [0.29, 0.717) is 0 Å². The largest absolute Gasteiger partial charge is 0.394 e. The normalized spacial score (nSPS) is 18.9. The second-order valence-corrected chi connectivity index (χ2v) is 2.09. The van der Waals surface area contributed by atoms with Gasteiger partial charge in [0.05, 0.1) is 6.61 Å². The molecule has 0 fully saturated rings. The molecule has 0 spiro atoms. The summed E-state index contributed by atoms with van der Waals surface area (Å²) >= 11 is 0. The molecule has 6 heteroatoms. The van der Waals surface area contributed by atoms with Crippen molar-refractivity contribution in [1.29, 1.82) is 0 Å². The average Bonchev–Trinajstić information content (AvgIpc) is 2.00. The second-order valence-electron chi connectivity index (χ2n) is 2.09. The molecule has 1 amide bonds. The number of rotatable bonds is 4. The number of carbonyl (C=O) groups is 1. The molecular formula is C5H11NO5. The summed E-state index contributed by atoms with van der Waals surface area (Å²) in [6.07, 6.45) is -5.15. The third-order valence-electron chi connectivity index (χ3n) is 1.20. The van der Waals surface area contributed by atoms with Gasteiger partial charge in [-0.15, -0.1) is 0 Å². The summed E-state index contributed by atoms with van der Waals surface area (Å²) < 4.78 is 0. The van der Waals surface area contributed by atoms with Crippen LogP contribution < -0.4 is 5.73 Å². The predicted molar refractivity (Wildman–Crippen MR) is 34.3 cm³/mol. The second kappa shape index (κ2) is 4.24. The van der Waals surface area contributed by atoms with Gasteiger partial charge in [-0.1, -0.05) is 0 Å². The standard InChI is InChI=1S/C5H11NO5/c6-5(11)4(10)3(9)2(8)1-7/h2-4,7-10H,1H2,(H2,6,11). The van der Waals surface area contributed by atoms with Crippen LogP contribution in [0.2, 0.25) is 0 Å². The van der Waals surface area contributed by atoms with Crippen molar-refractivity contribution in [2.24, 2.45) is 5.73 Å². The van der Waals surface area contributed by atoms with Crippen LogP contribution in [-0.2, 0) is 4.79 Å². The topological polar surface area (TPSA) is 124 Å². The summed E-state index contributed by atoms with van der Waals surface area (Å²) in [5, 5.41) is 34.4. The molecule has 0 aliphatic rings. The van der Waals surface area contributed by atoms with Crippen molar-refractivity contribution in [3.63, 3.8) is 0 Å². The number of aliphatic hydroxyl groups excluding tert-OH is 4. The predicted octanol–water partition coefficient (Wildman–Crippen LogP) is -3.45. The van der Waals surface area contributed by atoms with Crippen molar-refractivity contribution in [2.75, 3.05) is 6.61 Å². The highest BCUT2D eigenvalue weighted by Crippen LogP contribution is 1.98. The van der Waals surface area contributed by atoms with Crippen molar-refractivity contribution in [3.8, 4) is 0 Å². The molecule has 3 unspecified atom stereocenters. The van der Waals surface area contributed by atoms with Crippen LogP contribution in [0.4, 0.5) is 0 Å². The fourth-order valence-electron chi connectivity index (χ4n) is 0.487. The van der Waals surface area contributed by atoms with E-state index in [2.05, 4.69) is 5.73 Å². The first-order valence-corrected chi connectivity index (χ1v) is 2.95. The molecule has 0 saturated carbocycles. The number of carbonyl (C=O) groups excluding carboxylic acids is 1.